The van der Waals surface area contributed by atoms with Crippen molar-refractivity contribution in [1.82, 2.24) is 9.62 Å². The van der Waals surface area contributed by atoms with Crippen LogP contribution in [0.1, 0.15) is 56.1 Å². The summed E-state index contributed by atoms with van der Waals surface area (Å²) in [4.78, 5) is 12.4. The SMILES string of the molecule is Cc1ccc(CS(=O)(=O)N2CCC(C(=O)NCCC3=CCCCC3)CC2)cc1. The number of allylic oxidation sites excluding steroid dienone is 1. The van der Waals surface area contributed by atoms with Crippen LogP contribution in [0.25, 0.3) is 0 Å². The molecule has 1 fully saturated rings. The Kier molecular flexibility index (Phi) is 7.30. The van der Waals surface area contributed by atoms with Gasteiger partial charge in [-0.1, -0.05) is 41.5 Å². The Balaban J connectivity index is 1.43. The predicted octanol–water partition coefficient (Wildman–Crippen LogP) is 3.54. The number of hydrogen-bond donors (Lipinski definition) is 1. The van der Waals surface area contributed by atoms with E-state index in [4.69, 9.17) is 0 Å². The van der Waals surface area contributed by atoms with Gasteiger partial charge in [0.2, 0.25) is 15.9 Å². The van der Waals surface area contributed by atoms with Crippen molar-refractivity contribution in [3.05, 3.63) is 47.0 Å². The average molecular weight is 405 g/mol. The summed E-state index contributed by atoms with van der Waals surface area (Å²) in [5.74, 6) is 0.0253. The topological polar surface area (TPSA) is 66.5 Å². The molecule has 0 atom stereocenters. The molecule has 0 radical (unpaired) electrons. The lowest BCUT2D eigenvalue weighted by Gasteiger charge is -2.30. The second-order valence-electron chi connectivity index (χ2n) is 8.06. The second kappa shape index (κ2) is 9.70. The quantitative estimate of drug-likeness (QED) is 0.707. The summed E-state index contributed by atoms with van der Waals surface area (Å²) < 4.78 is 26.9. The lowest BCUT2D eigenvalue weighted by molar-refractivity contribution is -0.126. The molecular weight excluding hydrogens is 372 g/mol. The molecule has 1 heterocycles. The minimum atomic E-state index is -3.34. The van der Waals surface area contributed by atoms with Crippen LogP contribution in [0.5, 0.6) is 0 Å². The van der Waals surface area contributed by atoms with Crippen LogP contribution in [0.15, 0.2) is 35.9 Å². The largest absolute Gasteiger partial charge is 0.356 e. The summed E-state index contributed by atoms with van der Waals surface area (Å²) in [5, 5.41) is 3.05. The highest BCUT2D eigenvalue weighted by Crippen LogP contribution is 2.23. The molecule has 0 aromatic heterocycles. The van der Waals surface area contributed by atoms with Gasteiger partial charge in [-0.05, 0) is 57.4 Å². The van der Waals surface area contributed by atoms with E-state index in [0.717, 1.165) is 24.0 Å². The lowest BCUT2D eigenvalue weighted by atomic mass is 9.96. The van der Waals surface area contributed by atoms with Crippen molar-refractivity contribution < 1.29 is 13.2 Å². The van der Waals surface area contributed by atoms with Gasteiger partial charge in [-0.2, -0.15) is 0 Å². The van der Waals surface area contributed by atoms with Crippen LogP contribution in [-0.2, 0) is 20.6 Å². The molecule has 0 spiro atoms. The zero-order valence-electron chi connectivity index (χ0n) is 16.8. The molecule has 6 heteroatoms. The van der Waals surface area contributed by atoms with Gasteiger partial charge in [-0.25, -0.2) is 12.7 Å². The Morgan fingerprint density at radius 1 is 1.14 bits per heavy atom. The Morgan fingerprint density at radius 3 is 2.50 bits per heavy atom. The second-order valence-corrected chi connectivity index (χ2v) is 10.0. The number of carbonyl (C=O) groups is 1. The van der Waals surface area contributed by atoms with Gasteiger partial charge in [0.05, 0.1) is 5.75 Å². The van der Waals surface area contributed by atoms with Crippen molar-refractivity contribution in [3.8, 4) is 0 Å². The van der Waals surface area contributed by atoms with E-state index in [1.54, 1.807) is 4.31 Å². The fraction of sp³-hybridized carbons (Fsp3) is 0.591. The molecule has 3 rings (SSSR count). The van der Waals surface area contributed by atoms with Crippen LogP contribution >= 0.6 is 0 Å². The van der Waals surface area contributed by atoms with E-state index in [-0.39, 0.29) is 17.6 Å². The lowest BCUT2D eigenvalue weighted by Crippen LogP contribution is -2.43. The van der Waals surface area contributed by atoms with E-state index in [9.17, 15) is 13.2 Å². The smallest absolute Gasteiger partial charge is 0.223 e. The maximum atomic E-state index is 12.7. The maximum absolute atomic E-state index is 12.7. The monoisotopic (exact) mass is 404 g/mol. The third kappa shape index (κ3) is 5.92. The molecule has 2 aliphatic rings. The molecule has 154 valence electrons. The average Bonchev–Trinajstić information content (AvgIpc) is 2.70. The zero-order valence-corrected chi connectivity index (χ0v) is 17.6. The van der Waals surface area contributed by atoms with Crippen molar-refractivity contribution >= 4 is 15.9 Å². The summed E-state index contributed by atoms with van der Waals surface area (Å²) in [5.41, 5.74) is 3.39. The molecule has 28 heavy (non-hydrogen) atoms. The van der Waals surface area contributed by atoms with Crippen molar-refractivity contribution in [2.75, 3.05) is 19.6 Å². The molecule has 0 saturated carbocycles. The van der Waals surface area contributed by atoms with Crippen LogP contribution in [0.2, 0.25) is 0 Å². The van der Waals surface area contributed by atoms with Gasteiger partial charge in [-0.3, -0.25) is 4.79 Å². The molecule has 5 nitrogen and oxygen atoms in total. The maximum Gasteiger partial charge on any atom is 0.223 e. The van der Waals surface area contributed by atoms with E-state index in [0.29, 0.717) is 32.5 Å². The highest BCUT2D eigenvalue weighted by atomic mass is 32.2. The molecule has 0 unspecified atom stereocenters. The molecule has 1 aliphatic heterocycles. The number of nitrogens with one attached hydrogen (secondary N) is 1. The van der Waals surface area contributed by atoms with E-state index in [2.05, 4.69) is 11.4 Å². The van der Waals surface area contributed by atoms with Crippen molar-refractivity contribution in [2.45, 2.75) is 57.6 Å². The molecule has 1 amide bonds. The van der Waals surface area contributed by atoms with Crippen molar-refractivity contribution in [3.63, 3.8) is 0 Å². The molecular formula is C22H32N2O3S. The van der Waals surface area contributed by atoms with Gasteiger partial charge >= 0.3 is 0 Å². The number of carbonyl (C=O) groups excluding carboxylic acids is 1. The predicted molar refractivity (Wildman–Crippen MR) is 112 cm³/mol. The van der Waals surface area contributed by atoms with Gasteiger partial charge < -0.3 is 5.32 Å². The first-order valence-corrected chi connectivity index (χ1v) is 12.0. The number of nitrogens with zero attached hydrogens (tertiary/aromatic N) is 1. The molecule has 1 aromatic carbocycles. The van der Waals surface area contributed by atoms with Crippen molar-refractivity contribution in [2.24, 2.45) is 5.92 Å². The number of benzene rings is 1. The third-order valence-corrected chi connectivity index (χ3v) is 7.67. The normalized spacial score (nSPS) is 19.2. The van der Waals surface area contributed by atoms with Crippen LogP contribution < -0.4 is 5.32 Å². The van der Waals surface area contributed by atoms with Crippen LogP contribution in [0.4, 0.5) is 0 Å². The van der Waals surface area contributed by atoms with E-state index >= 15 is 0 Å². The Bertz CT molecular complexity index is 792. The van der Waals surface area contributed by atoms with Gasteiger partial charge in [-0.15, -0.1) is 0 Å². The number of rotatable bonds is 7. The molecule has 1 N–H and O–H groups in total. The number of sulfonamides is 1. The molecule has 1 aliphatic carbocycles. The number of amides is 1. The highest BCUT2D eigenvalue weighted by molar-refractivity contribution is 7.88. The number of aryl methyl sites for hydroxylation is 1. The summed E-state index contributed by atoms with van der Waals surface area (Å²) in [6.07, 6.45) is 9.31. The number of hydrogen-bond acceptors (Lipinski definition) is 3. The molecule has 0 bridgehead atoms. The summed E-state index contributed by atoms with van der Waals surface area (Å²) in [6.45, 7) is 3.53. The first-order valence-electron chi connectivity index (χ1n) is 10.4. The van der Waals surface area contributed by atoms with Crippen LogP contribution in [0.3, 0.4) is 0 Å². The molecule has 1 saturated heterocycles. The van der Waals surface area contributed by atoms with Crippen molar-refractivity contribution in [1.29, 1.82) is 0 Å². The fourth-order valence-electron chi connectivity index (χ4n) is 4.00. The van der Waals surface area contributed by atoms with Crippen LogP contribution in [-0.4, -0.2) is 38.3 Å². The molecule has 1 aromatic rings. The first-order chi connectivity index (χ1) is 13.4. The van der Waals surface area contributed by atoms with Crippen LogP contribution in [0, 0.1) is 12.8 Å². The minimum Gasteiger partial charge on any atom is -0.356 e. The van der Waals surface area contributed by atoms with Gasteiger partial charge in [0.15, 0.2) is 0 Å². The van der Waals surface area contributed by atoms with E-state index < -0.39 is 10.0 Å². The minimum absolute atomic E-state index is 0.0270. The third-order valence-electron chi connectivity index (χ3n) is 5.82. The fourth-order valence-corrected chi connectivity index (χ4v) is 5.57. The van der Waals surface area contributed by atoms with Gasteiger partial charge in [0, 0.05) is 25.6 Å². The Labute approximate surface area is 169 Å². The number of piperidine rings is 1. The zero-order chi connectivity index (χ0) is 20.0. The summed E-state index contributed by atoms with van der Waals surface area (Å²) in [7, 11) is -3.34. The summed E-state index contributed by atoms with van der Waals surface area (Å²) >= 11 is 0. The first kappa shape index (κ1) is 21.1. The standard InChI is InChI=1S/C22H32N2O3S/c1-18-7-9-20(10-8-18)17-28(26,27)24-15-12-21(13-16-24)22(25)23-14-11-19-5-3-2-4-6-19/h5,7-10,21H,2-4,6,11-17H2,1H3,(H,23,25). The van der Waals surface area contributed by atoms with Gasteiger partial charge in [0.25, 0.3) is 0 Å². The van der Waals surface area contributed by atoms with Gasteiger partial charge in [0.1, 0.15) is 0 Å². The Hall–Kier alpha value is -1.66. The van der Waals surface area contributed by atoms with E-state index in [1.807, 2.05) is 31.2 Å². The highest BCUT2D eigenvalue weighted by Gasteiger charge is 2.31. The summed E-state index contributed by atoms with van der Waals surface area (Å²) in [6, 6.07) is 7.61. The van der Waals surface area contributed by atoms with E-state index in [1.165, 1.54) is 24.8 Å². The Morgan fingerprint density at radius 2 is 1.86 bits per heavy atom.